The van der Waals surface area contributed by atoms with Gasteiger partial charge < -0.3 is 14.2 Å². The molecule has 6 heteroatoms. The summed E-state index contributed by atoms with van der Waals surface area (Å²) in [5.74, 6) is -0.672. The van der Waals surface area contributed by atoms with Gasteiger partial charge in [0.05, 0.1) is 13.2 Å². The van der Waals surface area contributed by atoms with Crippen LogP contribution in [0.3, 0.4) is 0 Å². The molecule has 1 rings (SSSR count). The highest BCUT2D eigenvalue weighted by Crippen LogP contribution is 2.59. The minimum absolute atomic E-state index is 0.0181. The van der Waals surface area contributed by atoms with Crippen LogP contribution in [0.1, 0.15) is 39.2 Å². The predicted octanol–water partition coefficient (Wildman–Crippen LogP) is 3.51. The third kappa shape index (κ3) is 3.94. The predicted molar refractivity (Wildman–Crippen MR) is 81.0 cm³/mol. The topological polar surface area (TPSA) is 72.8 Å². The Bertz CT molecular complexity index is 496. The first-order valence-corrected chi connectivity index (χ1v) is 8.69. The second-order valence-electron chi connectivity index (χ2n) is 4.74. The van der Waals surface area contributed by atoms with Crippen LogP contribution in [0.2, 0.25) is 0 Å². The number of hydrogen-bond donors (Lipinski definition) is 1. The molecule has 21 heavy (non-hydrogen) atoms. The molecule has 0 aliphatic heterocycles. The van der Waals surface area contributed by atoms with E-state index in [4.69, 9.17) is 9.26 Å². The standard InChI is InChI=1S/C15H23O5P/c1-4-15(5-2,14(16)19-6-3)21(17,18)20-12-13-10-8-7-9-11-13/h7-11H,4-6,12H2,1-3H3,(H,17,18). The molecule has 5 nitrogen and oxygen atoms in total. The minimum Gasteiger partial charge on any atom is -0.465 e. The van der Waals surface area contributed by atoms with Crippen LogP contribution >= 0.6 is 7.60 Å². The Hall–Kier alpha value is -1.16. The zero-order chi connectivity index (χ0) is 15.9. The Balaban J connectivity index is 2.94. The average molecular weight is 314 g/mol. The third-order valence-electron chi connectivity index (χ3n) is 3.62. The summed E-state index contributed by atoms with van der Waals surface area (Å²) in [7, 11) is -4.16. The van der Waals surface area contributed by atoms with E-state index in [-0.39, 0.29) is 26.1 Å². The van der Waals surface area contributed by atoms with Gasteiger partial charge in [-0.3, -0.25) is 9.36 Å². The fraction of sp³-hybridized carbons (Fsp3) is 0.533. The first-order chi connectivity index (χ1) is 9.93. The van der Waals surface area contributed by atoms with Gasteiger partial charge in [-0.2, -0.15) is 0 Å². The molecule has 0 radical (unpaired) electrons. The van der Waals surface area contributed by atoms with Gasteiger partial charge in [-0.05, 0) is 25.3 Å². The lowest BCUT2D eigenvalue weighted by atomic mass is 10.0. The monoisotopic (exact) mass is 314 g/mol. The lowest BCUT2D eigenvalue weighted by Crippen LogP contribution is -2.39. The molecule has 1 aromatic carbocycles. The van der Waals surface area contributed by atoms with Gasteiger partial charge in [0.15, 0.2) is 5.16 Å². The molecule has 1 atom stereocenters. The number of carbonyl (C=O) groups excluding carboxylic acids is 1. The molecule has 1 N–H and O–H groups in total. The molecule has 0 aliphatic carbocycles. The highest BCUT2D eigenvalue weighted by molar-refractivity contribution is 7.55. The summed E-state index contributed by atoms with van der Waals surface area (Å²) in [6, 6.07) is 9.08. The van der Waals surface area contributed by atoms with Crippen LogP contribution < -0.4 is 0 Å². The summed E-state index contributed by atoms with van der Waals surface area (Å²) in [4.78, 5) is 22.5. The molecule has 0 heterocycles. The number of ether oxygens (including phenoxy) is 1. The van der Waals surface area contributed by atoms with Crippen molar-refractivity contribution in [1.82, 2.24) is 0 Å². The Morgan fingerprint density at radius 3 is 2.24 bits per heavy atom. The Labute approximate surface area is 125 Å². The van der Waals surface area contributed by atoms with Gasteiger partial charge in [0, 0.05) is 0 Å². The maximum Gasteiger partial charge on any atom is 0.345 e. The zero-order valence-electron chi connectivity index (χ0n) is 12.7. The Kier molecular flexibility index (Phi) is 6.59. The lowest BCUT2D eigenvalue weighted by Gasteiger charge is -2.32. The van der Waals surface area contributed by atoms with Crippen LogP contribution in [0, 0.1) is 0 Å². The van der Waals surface area contributed by atoms with E-state index in [1.807, 2.05) is 18.2 Å². The van der Waals surface area contributed by atoms with E-state index in [9.17, 15) is 14.3 Å². The van der Waals surface area contributed by atoms with Crippen molar-refractivity contribution in [1.29, 1.82) is 0 Å². The maximum absolute atomic E-state index is 12.6. The summed E-state index contributed by atoms with van der Waals surface area (Å²) in [5, 5.41) is -1.50. The molecule has 0 saturated carbocycles. The van der Waals surface area contributed by atoms with E-state index >= 15 is 0 Å². The Morgan fingerprint density at radius 1 is 1.19 bits per heavy atom. The second-order valence-corrected chi connectivity index (χ2v) is 6.89. The maximum atomic E-state index is 12.6. The fourth-order valence-electron chi connectivity index (χ4n) is 2.18. The van der Waals surface area contributed by atoms with E-state index in [1.165, 1.54) is 0 Å². The molecule has 1 aromatic rings. The summed E-state index contributed by atoms with van der Waals surface area (Å²) < 4.78 is 22.8. The normalized spacial score (nSPS) is 14.5. The molecule has 0 aliphatic rings. The first-order valence-electron chi connectivity index (χ1n) is 7.12. The molecule has 0 spiro atoms. The number of benzene rings is 1. The summed E-state index contributed by atoms with van der Waals surface area (Å²) in [6.07, 6.45) is 0.371. The van der Waals surface area contributed by atoms with Gasteiger partial charge in [0.25, 0.3) is 0 Å². The van der Waals surface area contributed by atoms with Crippen molar-refractivity contribution in [3.8, 4) is 0 Å². The zero-order valence-corrected chi connectivity index (χ0v) is 13.6. The van der Waals surface area contributed by atoms with E-state index in [2.05, 4.69) is 0 Å². The average Bonchev–Trinajstić information content (AvgIpc) is 2.48. The molecule has 0 amide bonds. The molecular formula is C15H23O5P. The number of rotatable bonds is 8. The minimum atomic E-state index is -4.16. The van der Waals surface area contributed by atoms with Crippen LogP contribution in [0.4, 0.5) is 0 Å². The van der Waals surface area contributed by atoms with Gasteiger partial charge in [-0.25, -0.2) is 0 Å². The molecule has 0 fully saturated rings. The van der Waals surface area contributed by atoms with Crippen molar-refractivity contribution in [3.63, 3.8) is 0 Å². The van der Waals surface area contributed by atoms with Gasteiger partial charge in [0.1, 0.15) is 0 Å². The smallest absolute Gasteiger partial charge is 0.345 e. The highest BCUT2D eigenvalue weighted by Gasteiger charge is 2.53. The largest absolute Gasteiger partial charge is 0.465 e. The second kappa shape index (κ2) is 7.74. The lowest BCUT2D eigenvalue weighted by molar-refractivity contribution is -0.147. The van der Waals surface area contributed by atoms with Gasteiger partial charge >= 0.3 is 13.6 Å². The van der Waals surface area contributed by atoms with Gasteiger partial charge in [0.2, 0.25) is 0 Å². The van der Waals surface area contributed by atoms with Crippen molar-refractivity contribution < 1.29 is 23.5 Å². The number of hydrogen-bond acceptors (Lipinski definition) is 4. The number of esters is 1. The molecule has 0 bridgehead atoms. The van der Waals surface area contributed by atoms with Gasteiger partial charge in [-0.15, -0.1) is 0 Å². The van der Waals surface area contributed by atoms with Crippen LogP contribution in [-0.4, -0.2) is 22.6 Å². The molecule has 1 unspecified atom stereocenters. The van der Waals surface area contributed by atoms with E-state index in [0.29, 0.717) is 0 Å². The highest BCUT2D eigenvalue weighted by atomic mass is 31.2. The Morgan fingerprint density at radius 2 is 1.76 bits per heavy atom. The first kappa shape index (κ1) is 17.9. The fourth-order valence-corrected chi connectivity index (χ4v) is 3.84. The third-order valence-corrected chi connectivity index (χ3v) is 5.99. The summed E-state index contributed by atoms with van der Waals surface area (Å²) >= 11 is 0. The number of carbonyl (C=O) groups is 1. The quantitative estimate of drug-likeness (QED) is 0.587. The molecule has 0 aromatic heterocycles. The van der Waals surface area contributed by atoms with Crippen molar-refractivity contribution in [2.45, 2.75) is 45.4 Å². The molecule has 118 valence electrons. The van der Waals surface area contributed by atoms with E-state index in [1.54, 1.807) is 32.9 Å². The molecule has 0 saturated heterocycles. The summed E-state index contributed by atoms with van der Waals surface area (Å²) in [6.45, 7) is 5.19. The van der Waals surface area contributed by atoms with E-state index in [0.717, 1.165) is 5.56 Å². The van der Waals surface area contributed by atoms with Crippen LogP contribution in [-0.2, 0) is 25.2 Å². The SMILES string of the molecule is CCOC(=O)C(CC)(CC)P(=O)(O)OCc1ccccc1. The van der Waals surface area contributed by atoms with Crippen LogP contribution in [0.5, 0.6) is 0 Å². The van der Waals surface area contributed by atoms with Crippen LogP contribution in [0.25, 0.3) is 0 Å². The van der Waals surface area contributed by atoms with Crippen molar-refractivity contribution in [2.75, 3.05) is 6.61 Å². The van der Waals surface area contributed by atoms with E-state index < -0.39 is 18.7 Å². The molecular weight excluding hydrogens is 291 g/mol. The van der Waals surface area contributed by atoms with Crippen molar-refractivity contribution in [3.05, 3.63) is 35.9 Å². The van der Waals surface area contributed by atoms with Crippen molar-refractivity contribution >= 4 is 13.6 Å². The van der Waals surface area contributed by atoms with Gasteiger partial charge in [-0.1, -0.05) is 44.2 Å². The van der Waals surface area contributed by atoms with Crippen molar-refractivity contribution in [2.24, 2.45) is 0 Å². The summed E-state index contributed by atoms with van der Waals surface area (Å²) in [5.41, 5.74) is 0.775. The van der Waals surface area contributed by atoms with Crippen LogP contribution in [0.15, 0.2) is 30.3 Å².